The molecule has 82 valence electrons. The Morgan fingerprint density at radius 3 is 2.33 bits per heavy atom. The standard InChI is InChI=1S/C13H17BrO/c1-9(10-3-4-10)13(14)11-5-7-12(15-2)8-6-11/h5-10,13H,3-4H2,1-2H3. The van der Waals surface area contributed by atoms with Gasteiger partial charge in [0.05, 0.1) is 7.11 Å². The maximum absolute atomic E-state index is 5.15. The SMILES string of the molecule is COc1ccc(C(Br)C(C)C2CC2)cc1. The first-order chi connectivity index (χ1) is 7.22. The lowest BCUT2D eigenvalue weighted by Crippen LogP contribution is -2.05. The van der Waals surface area contributed by atoms with Crippen molar-refractivity contribution in [2.75, 3.05) is 7.11 Å². The highest BCUT2D eigenvalue weighted by atomic mass is 79.9. The molecule has 1 saturated carbocycles. The fourth-order valence-electron chi connectivity index (χ4n) is 1.95. The third kappa shape index (κ3) is 2.54. The van der Waals surface area contributed by atoms with Gasteiger partial charge in [0, 0.05) is 4.83 Å². The molecule has 1 aromatic carbocycles. The summed E-state index contributed by atoms with van der Waals surface area (Å²) >= 11 is 3.80. The third-order valence-corrected chi connectivity index (χ3v) is 4.62. The Bertz CT molecular complexity index is 316. The van der Waals surface area contributed by atoms with Gasteiger partial charge in [-0.25, -0.2) is 0 Å². The summed E-state index contributed by atoms with van der Waals surface area (Å²) < 4.78 is 5.15. The second-order valence-corrected chi connectivity index (χ2v) is 5.36. The van der Waals surface area contributed by atoms with Gasteiger partial charge in [-0.05, 0) is 42.4 Å². The molecule has 1 aliphatic carbocycles. The maximum Gasteiger partial charge on any atom is 0.118 e. The van der Waals surface area contributed by atoms with Gasteiger partial charge < -0.3 is 4.74 Å². The molecule has 0 heterocycles. The van der Waals surface area contributed by atoms with Crippen molar-refractivity contribution in [3.05, 3.63) is 29.8 Å². The molecule has 2 rings (SSSR count). The molecule has 0 spiro atoms. The minimum absolute atomic E-state index is 0.482. The lowest BCUT2D eigenvalue weighted by molar-refractivity contribution is 0.414. The largest absolute Gasteiger partial charge is 0.497 e. The monoisotopic (exact) mass is 268 g/mol. The van der Waals surface area contributed by atoms with Gasteiger partial charge in [0.2, 0.25) is 0 Å². The lowest BCUT2D eigenvalue weighted by Gasteiger charge is -2.18. The molecule has 1 aliphatic rings. The molecule has 0 bridgehead atoms. The normalized spacial score (nSPS) is 19.7. The summed E-state index contributed by atoms with van der Waals surface area (Å²) in [6.07, 6.45) is 2.80. The van der Waals surface area contributed by atoms with Gasteiger partial charge in [-0.1, -0.05) is 35.0 Å². The zero-order valence-electron chi connectivity index (χ0n) is 9.24. The number of ether oxygens (including phenoxy) is 1. The van der Waals surface area contributed by atoms with Crippen LogP contribution in [0, 0.1) is 11.8 Å². The Morgan fingerprint density at radius 1 is 1.27 bits per heavy atom. The van der Waals surface area contributed by atoms with E-state index in [9.17, 15) is 0 Å². The van der Waals surface area contributed by atoms with Gasteiger partial charge in [-0.15, -0.1) is 0 Å². The first-order valence-electron chi connectivity index (χ1n) is 5.50. The lowest BCUT2D eigenvalue weighted by atomic mass is 9.96. The van der Waals surface area contributed by atoms with E-state index in [2.05, 4.69) is 35.0 Å². The number of rotatable bonds is 4. The van der Waals surface area contributed by atoms with Crippen molar-refractivity contribution in [1.29, 1.82) is 0 Å². The van der Waals surface area contributed by atoms with Crippen molar-refractivity contribution >= 4 is 15.9 Å². The highest BCUT2D eigenvalue weighted by Crippen LogP contribution is 2.46. The van der Waals surface area contributed by atoms with Gasteiger partial charge in [0.15, 0.2) is 0 Å². The van der Waals surface area contributed by atoms with Crippen molar-refractivity contribution in [3.8, 4) is 5.75 Å². The Labute approximate surface area is 100.0 Å². The van der Waals surface area contributed by atoms with E-state index in [1.165, 1.54) is 18.4 Å². The number of halogens is 1. The summed E-state index contributed by atoms with van der Waals surface area (Å²) in [6, 6.07) is 8.36. The summed E-state index contributed by atoms with van der Waals surface area (Å²) in [4.78, 5) is 0.482. The topological polar surface area (TPSA) is 9.23 Å². The molecule has 1 aromatic rings. The quantitative estimate of drug-likeness (QED) is 0.745. The highest BCUT2D eigenvalue weighted by Gasteiger charge is 2.32. The summed E-state index contributed by atoms with van der Waals surface area (Å²) in [5, 5.41) is 0. The Hall–Kier alpha value is -0.500. The fraction of sp³-hybridized carbons (Fsp3) is 0.538. The zero-order valence-corrected chi connectivity index (χ0v) is 10.8. The van der Waals surface area contributed by atoms with Crippen LogP contribution in [0.4, 0.5) is 0 Å². The number of benzene rings is 1. The van der Waals surface area contributed by atoms with Crippen molar-refractivity contribution in [3.63, 3.8) is 0 Å². The van der Waals surface area contributed by atoms with Crippen LogP contribution in [0.3, 0.4) is 0 Å². The maximum atomic E-state index is 5.15. The molecule has 2 heteroatoms. The molecule has 0 N–H and O–H groups in total. The van der Waals surface area contributed by atoms with Gasteiger partial charge in [-0.3, -0.25) is 0 Å². The van der Waals surface area contributed by atoms with E-state index in [1.54, 1.807) is 7.11 Å². The molecule has 2 unspecified atom stereocenters. The molecule has 2 atom stereocenters. The Kier molecular flexibility index (Phi) is 3.35. The van der Waals surface area contributed by atoms with E-state index in [0.29, 0.717) is 4.83 Å². The molecular formula is C13H17BrO. The van der Waals surface area contributed by atoms with Crippen LogP contribution >= 0.6 is 15.9 Å². The third-order valence-electron chi connectivity index (χ3n) is 3.26. The Balaban J connectivity index is 2.07. The molecule has 0 aromatic heterocycles. The van der Waals surface area contributed by atoms with Gasteiger partial charge >= 0.3 is 0 Å². The van der Waals surface area contributed by atoms with Crippen molar-refractivity contribution < 1.29 is 4.74 Å². The number of hydrogen-bond donors (Lipinski definition) is 0. The van der Waals surface area contributed by atoms with Gasteiger partial charge in [0.1, 0.15) is 5.75 Å². The fourth-order valence-corrected chi connectivity index (χ4v) is 2.69. The predicted octanol–water partition coefficient (Wildman–Crippen LogP) is 4.18. The minimum Gasteiger partial charge on any atom is -0.497 e. The Morgan fingerprint density at radius 2 is 1.87 bits per heavy atom. The van der Waals surface area contributed by atoms with Crippen LogP contribution in [0.15, 0.2) is 24.3 Å². The van der Waals surface area contributed by atoms with Gasteiger partial charge in [-0.2, -0.15) is 0 Å². The van der Waals surface area contributed by atoms with Crippen molar-refractivity contribution in [2.24, 2.45) is 11.8 Å². The first-order valence-corrected chi connectivity index (χ1v) is 6.42. The molecule has 0 radical (unpaired) electrons. The smallest absolute Gasteiger partial charge is 0.118 e. The van der Waals surface area contributed by atoms with E-state index in [-0.39, 0.29) is 0 Å². The number of alkyl halides is 1. The van der Waals surface area contributed by atoms with Crippen LogP contribution < -0.4 is 4.74 Å². The average Bonchev–Trinajstić information content (AvgIpc) is 3.11. The summed E-state index contributed by atoms with van der Waals surface area (Å²) in [6.45, 7) is 2.33. The minimum atomic E-state index is 0.482. The first kappa shape index (κ1) is 11.0. The predicted molar refractivity (Wildman–Crippen MR) is 66.6 cm³/mol. The molecule has 0 saturated heterocycles. The summed E-state index contributed by atoms with van der Waals surface area (Å²) in [5.74, 6) is 2.59. The number of methoxy groups -OCH3 is 1. The van der Waals surface area contributed by atoms with Crippen LogP contribution in [0.2, 0.25) is 0 Å². The molecular weight excluding hydrogens is 252 g/mol. The second-order valence-electron chi connectivity index (χ2n) is 4.37. The van der Waals surface area contributed by atoms with Crippen LogP contribution in [0.5, 0.6) is 5.75 Å². The average molecular weight is 269 g/mol. The highest BCUT2D eigenvalue weighted by molar-refractivity contribution is 9.09. The van der Waals surface area contributed by atoms with E-state index in [1.807, 2.05) is 12.1 Å². The molecule has 1 fully saturated rings. The van der Waals surface area contributed by atoms with Crippen molar-refractivity contribution in [1.82, 2.24) is 0 Å². The van der Waals surface area contributed by atoms with E-state index < -0.39 is 0 Å². The van der Waals surface area contributed by atoms with Crippen LogP contribution in [-0.4, -0.2) is 7.11 Å². The zero-order chi connectivity index (χ0) is 10.8. The summed E-state index contributed by atoms with van der Waals surface area (Å²) in [7, 11) is 1.70. The van der Waals surface area contributed by atoms with E-state index in [4.69, 9.17) is 4.74 Å². The van der Waals surface area contributed by atoms with Crippen LogP contribution in [-0.2, 0) is 0 Å². The second kappa shape index (κ2) is 4.56. The van der Waals surface area contributed by atoms with Crippen LogP contribution in [0.25, 0.3) is 0 Å². The molecule has 0 aliphatic heterocycles. The van der Waals surface area contributed by atoms with Crippen molar-refractivity contribution in [2.45, 2.75) is 24.6 Å². The number of hydrogen-bond acceptors (Lipinski definition) is 1. The summed E-state index contributed by atoms with van der Waals surface area (Å²) in [5.41, 5.74) is 1.36. The molecule has 1 nitrogen and oxygen atoms in total. The molecule has 15 heavy (non-hydrogen) atoms. The van der Waals surface area contributed by atoms with Gasteiger partial charge in [0.25, 0.3) is 0 Å². The van der Waals surface area contributed by atoms with E-state index >= 15 is 0 Å². The molecule has 0 amide bonds. The van der Waals surface area contributed by atoms with Crippen LogP contribution in [0.1, 0.15) is 30.2 Å². The van der Waals surface area contributed by atoms with E-state index in [0.717, 1.165) is 17.6 Å².